The van der Waals surface area contributed by atoms with Gasteiger partial charge in [0.15, 0.2) is 5.79 Å². The average molecular weight is 243 g/mol. The SMILES string of the molecule is CC1(C)OCC(Nc2ccc(Cl)nc2)CO1. The van der Waals surface area contributed by atoms with Gasteiger partial charge in [-0.1, -0.05) is 11.6 Å². The largest absolute Gasteiger partial charge is 0.376 e. The number of rotatable bonds is 2. The molecule has 1 N–H and O–H groups in total. The van der Waals surface area contributed by atoms with Crippen LogP contribution in [0.2, 0.25) is 5.15 Å². The molecule has 5 heteroatoms. The molecule has 4 nitrogen and oxygen atoms in total. The third-order valence-electron chi connectivity index (χ3n) is 2.36. The monoisotopic (exact) mass is 242 g/mol. The first-order chi connectivity index (χ1) is 7.55. The van der Waals surface area contributed by atoms with E-state index in [0.29, 0.717) is 18.4 Å². The van der Waals surface area contributed by atoms with Crippen molar-refractivity contribution in [3.8, 4) is 0 Å². The van der Waals surface area contributed by atoms with Crippen molar-refractivity contribution >= 4 is 17.3 Å². The van der Waals surface area contributed by atoms with Gasteiger partial charge in [0.05, 0.1) is 31.1 Å². The van der Waals surface area contributed by atoms with E-state index in [1.54, 1.807) is 12.3 Å². The fourth-order valence-corrected chi connectivity index (χ4v) is 1.58. The minimum atomic E-state index is -0.476. The Morgan fingerprint density at radius 1 is 1.38 bits per heavy atom. The molecule has 0 aliphatic carbocycles. The topological polar surface area (TPSA) is 43.4 Å². The molecule has 1 saturated heterocycles. The van der Waals surface area contributed by atoms with Gasteiger partial charge in [-0.15, -0.1) is 0 Å². The summed E-state index contributed by atoms with van der Waals surface area (Å²) in [5, 5.41) is 3.76. The van der Waals surface area contributed by atoms with Crippen molar-refractivity contribution in [2.45, 2.75) is 25.7 Å². The molecule has 16 heavy (non-hydrogen) atoms. The zero-order valence-electron chi connectivity index (χ0n) is 9.37. The highest BCUT2D eigenvalue weighted by Crippen LogP contribution is 2.19. The zero-order valence-corrected chi connectivity index (χ0v) is 10.1. The minimum absolute atomic E-state index is 0.149. The van der Waals surface area contributed by atoms with Crippen LogP contribution in [0.1, 0.15) is 13.8 Å². The molecule has 1 aromatic rings. The molecule has 2 rings (SSSR count). The van der Waals surface area contributed by atoms with E-state index in [4.69, 9.17) is 21.1 Å². The van der Waals surface area contributed by atoms with E-state index >= 15 is 0 Å². The molecule has 88 valence electrons. The molecule has 0 radical (unpaired) electrons. The van der Waals surface area contributed by atoms with E-state index in [9.17, 15) is 0 Å². The number of halogens is 1. The van der Waals surface area contributed by atoms with Gasteiger partial charge in [0, 0.05) is 0 Å². The molecule has 0 atom stereocenters. The molecule has 0 spiro atoms. The summed E-state index contributed by atoms with van der Waals surface area (Å²) < 4.78 is 11.1. The van der Waals surface area contributed by atoms with Gasteiger partial charge >= 0.3 is 0 Å². The maximum Gasteiger partial charge on any atom is 0.162 e. The summed E-state index contributed by atoms with van der Waals surface area (Å²) in [6.07, 6.45) is 1.70. The number of pyridine rings is 1. The first-order valence-electron chi connectivity index (χ1n) is 5.21. The molecule has 0 bridgehead atoms. The van der Waals surface area contributed by atoms with Crippen LogP contribution in [0.25, 0.3) is 0 Å². The lowest BCUT2D eigenvalue weighted by atomic mass is 10.2. The zero-order chi connectivity index (χ0) is 11.6. The summed E-state index contributed by atoms with van der Waals surface area (Å²) in [4.78, 5) is 3.99. The number of aromatic nitrogens is 1. The molecule has 0 saturated carbocycles. The van der Waals surface area contributed by atoms with Gasteiger partial charge in [-0.2, -0.15) is 0 Å². The first kappa shape index (κ1) is 11.6. The van der Waals surface area contributed by atoms with E-state index in [2.05, 4.69) is 10.3 Å². The van der Waals surface area contributed by atoms with Gasteiger partial charge in [0.1, 0.15) is 5.15 Å². The van der Waals surface area contributed by atoms with Crippen LogP contribution in [0.5, 0.6) is 0 Å². The second-order valence-corrected chi connectivity index (χ2v) is 4.62. The maximum absolute atomic E-state index is 5.70. The average Bonchev–Trinajstić information content (AvgIpc) is 2.24. The van der Waals surface area contributed by atoms with Gasteiger partial charge in [-0.05, 0) is 26.0 Å². The molecule has 1 aliphatic rings. The Hall–Kier alpha value is -0.840. The number of anilines is 1. The van der Waals surface area contributed by atoms with Crippen molar-refractivity contribution in [1.82, 2.24) is 4.98 Å². The second kappa shape index (κ2) is 4.57. The fourth-order valence-electron chi connectivity index (χ4n) is 1.47. The number of nitrogens with zero attached hydrogens (tertiary/aromatic N) is 1. The van der Waals surface area contributed by atoms with Crippen molar-refractivity contribution in [1.29, 1.82) is 0 Å². The van der Waals surface area contributed by atoms with Crippen LogP contribution >= 0.6 is 11.6 Å². The van der Waals surface area contributed by atoms with Crippen molar-refractivity contribution in [3.63, 3.8) is 0 Å². The molecule has 1 fully saturated rings. The second-order valence-electron chi connectivity index (χ2n) is 4.23. The predicted molar refractivity (Wildman–Crippen MR) is 62.6 cm³/mol. The number of nitrogens with one attached hydrogen (secondary N) is 1. The molecule has 1 aliphatic heterocycles. The molecule has 2 heterocycles. The van der Waals surface area contributed by atoms with Crippen LogP contribution in [-0.4, -0.2) is 30.0 Å². The molecule has 0 unspecified atom stereocenters. The fraction of sp³-hybridized carbons (Fsp3) is 0.545. The molecular formula is C11H15ClN2O2. The number of ether oxygens (including phenoxy) is 2. The lowest BCUT2D eigenvalue weighted by molar-refractivity contribution is -0.247. The van der Waals surface area contributed by atoms with E-state index in [1.165, 1.54) is 0 Å². The smallest absolute Gasteiger partial charge is 0.162 e. The summed E-state index contributed by atoms with van der Waals surface area (Å²) in [6.45, 7) is 5.06. The van der Waals surface area contributed by atoms with Crippen molar-refractivity contribution in [2.75, 3.05) is 18.5 Å². The van der Waals surface area contributed by atoms with Crippen LogP contribution in [0.3, 0.4) is 0 Å². The highest BCUT2D eigenvalue weighted by Gasteiger charge is 2.28. The van der Waals surface area contributed by atoms with Crippen LogP contribution < -0.4 is 5.32 Å². The van der Waals surface area contributed by atoms with Crippen molar-refractivity contribution in [2.24, 2.45) is 0 Å². The van der Waals surface area contributed by atoms with Gasteiger partial charge in [-0.25, -0.2) is 4.98 Å². The van der Waals surface area contributed by atoms with Gasteiger partial charge in [0.25, 0.3) is 0 Å². The lowest BCUT2D eigenvalue weighted by Gasteiger charge is -2.35. The Kier molecular flexibility index (Phi) is 3.33. The third kappa shape index (κ3) is 3.07. The normalized spacial score (nSPS) is 20.7. The summed E-state index contributed by atoms with van der Waals surface area (Å²) in [5.41, 5.74) is 0.918. The summed E-state index contributed by atoms with van der Waals surface area (Å²) in [7, 11) is 0. The molecule has 0 amide bonds. The Morgan fingerprint density at radius 3 is 2.62 bits per heavy atom. The standard InChI is InChI=1S/C11H15ClN2O2/c1-11(2)15-6-9(7-16-11)14-8-3-4-10(12)13-5-8/h3-5,9,14H,6-7H2,1-2H3. The first-order valence-corrected chi connectivity index (χ1v) is 5.59. The highest BCUT2D eigenvalue weighted by molar-refractivity contribution is 6.29. The van der Waals surface area contributed by atoms with Crippen molar-refractivity contribution in [3.05, 3.63) is 23.5 Å². The third-order valence-corrected chi connectivity index (χ3v) is 2.59. The Labute approximate surface area is 99.9 Å². The van der Waals surface area contributed by atoms with E-state index in [0.717, 1.165) is 5.69 Å². The van der Waals surface area contributed by atoms with Gasteiger partial charge in [-0.3, -0.25) is 0 Å². The van der Waals surface area contributed by atoms with E-state index in [1.807, 2.05) is 19.9 Å². The minimum Gasteiger partial charge on any atom is -0.376 e. The van der Waals surface area contributed by atoms with Crippen LogP contribution in [0.4, 0.5) is 5.69 Å². The van der Waals surface area contributed by atoms with Gasteiger partial charge < -0.3 is 14.8 Å². The number of hydrogen-bond donors (Lipinski definition) is 1. The Balaban J connectivity index is 1.89. The Morgan fingerprint density at radius 2 is 2.06 bits per heavy atom. The summed E-state index contributed by atoms with van der Waals surface area (Å²) in [6, 6.07) is 3.78. The van der Waals surface area contributed by atoms with Crippen LogP contribution in [-0.2, 0) is 9.47 Å². The Bertz CT molecular complexity index is 344. The lowest BCUT2D eigenvalue weighted by Crippen LogP contribution is -2.45. The molecular weight excluding hydrogens is 228 g/mol. The quantitative estimate of drug-likeness (QED) is 0.809. The van der Waals surface area contributed by atoms with Crippen LogP contribution in [0, 0.1) is 0 Å². The summed E-state index contributed by atoms with van der Waals surface area (Å²) >= 11 is 5.70. The highest BCUT2D eigenvalue weighted by atomic mass is 35.5. The predicted octanol–water partition coefficient (Wildman–Crippen LogP) is 2.30. The maximum atomic E-state index is 5.70. The molecule has 1 aromatic heterocycles. The molecule has 0 aromatic carbocycles. The van der Waals surface area contributed by atoms with E-state index < -0.39 is 5.79 Å². The van der Waals surface area contributed by atoms with Crippen LogP contribution in [0.15, 0.2) is 18.3 Å². The van der Waals surface area contributed by atoms with E-state index in [-0.39, 0.29) is 6.04 Å². The van der Waals surface area contributed by atoms with Crippen molar-refractivity contribution < 1.29 is 9.47 Å². The summed E-state index contributed by atoms with van der Waals surface area (Å²) in [5.74, 6) is -0.476. The number of hydrogen-bond acceptors (Lipinski definition) is 4. The van der Waals surface area contributed by atoms with Gasteiger partial charge in [0.2, 0.25) is 0 Å².